The number of carbonyl (C=O) groups is 1. The first kappa shape index (κ1) is 24.5. The van der Waals surface area contributed by atoms with Gasteiger partial charge in [-0.2, -0.15) is 4.72 Å². The van der Waals surface area contributed by atoms with E-state index in [0.29, 0.717) is 23.6 Å². The Kier molecular flexibility index (Phi) is 7.89. The fourth-order valence-corrected chi connectivity index (χ4v) is 4.77. The van der Waals surface area contributed by atoms with Gasteiger partial charge < -0.3 is 10.1 Å². The Balaban J connectivity index is 1.89. The van der Waals surface area contributed by atoms with Gasteiger partial charge in [0.1, 0.15) is 11.8 Å². The Labute approximate surface area is 196 Å². The maximum Gasteiger partial charge on any atom is 0.242 e. The van der Waals surface area contributed by atoms with Crippen LogP contribution in [0.3, 0.4) is 0 Å². The average Bonchev–Trinajstić information content (AvgIpc) is 2.78. The number of amides is 1. The summed E-state index contributed by atoms with van der Waals surface area (Å²) < 4.78 is 34.5. The zero-order valence-corrected chi connectivity index (χ0v) is 20.2. The van der Waals surface area contributed by atoms with Crippen LogP contribution in [0.4, 0.5) is 5.69 Å². The normalized spacial score (nSPS) is 12.2. The van der Waals surface area contributed by atoms with Gasteiger partial charge in [-0.1, -0.05) is 42.5 Å². The van der Waals surface area contributed by atoms with Crippen LogP contribution in [0.1, 0.15) is 29.2 Å². The quantitative estimate of drug-likeness (QED) is 0.485. The van der Waals surface area contributed by atoms with Gasteiger partial charge in [-0.25, -0.2) is 8.42 Å². The van der Waals surface area contributed by atoms with E-state index in [1.807, 2.05) is 69.3 Å². The molecule has 0 bridgehead atoms. The number of carbonyl (C=O) groups excluding carboxylic acids is 1. The Hall–Kier alpha value is -3.16. The van der Waals surface area contributed by atoms with Crippen molar-refractivity contribution in [1.29, 1.82) is 0 Å². The summed E-state index contributed by atoms with van der Waals surface area (Å²) in [6.07, 6.45) is 0.215. The SMILES string of the molecule is CCOc1ccc(S(=O)(=O)NC(Cc2ccccc2)C(=O)Nc2cc(C)ccc2C)cc1C. The second kappa shape index (κ2) is 10.6. The number of sulfonamides is 1. The standard InChI is InChI=1S/C26H30N2O4S/c1-5-32-25-14-13-22(16-20(25)4)33(30,31)28-24(17-21-9-7-6-8-10-21)26(29)27-23-15-18(2)11-12-19(23)3/h6-16,24,28H,5,17H2,1-4H3,(H,27,29). The molecule has 0 radical (unpaired) electrons. The molecule has 1 unspecified atom stereocenters. The lowest BCUT2D eigenvalue weighted by molar-refractivity contribution is -0.117. The topological polar surface area (TPSA) is 84.5 Å². The Morgan fingerprint density at radius 3 is 2.33 bits per heavy atom. The lowest BCUT2D eigenvalue weighted by Crippen LogP contribution is -2.45. The van der Waals surface area contributed by atoms with Crippen LogP contribution in [-0.2, 0) is 21.2 Å². The number of hydrogen-bond donors (Lipinski definition) is 2. The van der Waals surface area contributed by atoms with Crippen molar-refractivity contribution in [3.63, 3.8) is 0 Å². The summed E-state index contributed by atoms with van der Waals surface area (Å²) in [4.78, 5) is 13.3. The average molecular weight is 467 g/mol. The lowest BCUT2D eigenvalue weighted by atomic mass is 10.1. The van der Waals surface area contributed by atoms with Gasteiger partial charge in [-0.15, -0.1) is 0 Å². The molecule has 0 saturated heterocycles. The van der Waals surface area contributed by atoms with Crippen molar-refractivity contribution < 1.29 is 17.9 Å². The summed E-state index contributed by atoms with van der Waals surface area (Å²) in [5, 5.41) is 2.90. The number of rotatable bonds is 9. The number of aryl methyl sites for hydroxylation is 3. The first-order chi connectivity index (χ1) is 15.7. The summed E-state index contributed by atoms with van der Waals surface area (Å²) >= 11 is 0. The minimum absolute atomic E-state index is 0.0843. The third-order valence-corrected chi connectivity index (χ3v) is 6.77. The van der Waals surface area contributed by atoms with Gasteiger partial charge in [0.2, 0.25) is 15.9 Å². The van der Waals surface area contributed by atoms with E-state index in [-0.39, 0.29) is 11.3 Å². The molecule has 0 aromatic heterocycles. The molecule has 0 saturated carbocycles. The van der Waals surface area contributed by atoms with E-state index in [1.165, 1.54) is 6.07 Å². The van der Waals surface area contributed by atoms with Crippen molar-refractivity contribution >= 4 is 21.6 Å². The number of nitrogens with one attached hydrogen (secondary N) is 2. The molecule has 7 heteroatoms. The highest BCUT2D eigenvalue weighted by Crippen LogP contribution is 2.23. The van der Waals surface area contributed by atoms with Crippen LogP contribution in [0.5, 0.6) is 5.75 Å². The van der Waals surface area contributed by atoms with Gasteiger partial charge in [-0.05, 0) is 80.6 Å². The molecule has 0 aliphatic heterocycles. The Bertz CT molecular complexity index is 1220. The highest BCUT2D eigenvalue weighted by atomic mass is 32.2. The minimum atomic E-state index is -3.96. The number of ether oxygens (including phenoxy) is 1. The van der Waals surface area contributed by atoms with E-state index >= 15 is 0 Å². The van der Waals surface area contributed by atoms with Crippen LogP contribution in [0.25, 0.3) is 0 Å². The van der Waals surface area contributed by atoms with Crippen LogP contribution in [0, 0.1) is 20.8 Å². The van der Waals surface area contributed by atoms with E-state index in [0.717, 1.165) is 16.7 Å². The molecule has 3 aromatic carbocycles. The molecule has 33 heavy (non-hydrogen) atoms. The molecule has 2 N–H and O–H groups in total. The van der Waals surface area contributed by atoms with Crippen molar-refractivity contribution in [2.75, 3.05) is 11.9 Å². The van der Waals surface area contributed by atoms with Gasteiger partial charge in [0, 0.05) is 5.69 Å². The summed E-state index contributed by atoms with van der Waals surface area (Å²) in [5.74, 6) is 0.212. The van der Waals surface area contributed by atoms with Crippen LogP contribution < -0.4 is 14.8 Å². The van der Waals surface area contributed by atoms with E-state index in [2.05, 4.69) is 10.0 Å². The maximum atomic E-state index is 13.2. The van der Waals surface area contributed by atoms with Crippen molar-refractivity contribution in [2.24, 2.45) is 0 Å². The first-order valence-corrected chi connectivity index (χ1v) is 12.4. The van der Waals surface area contributed by atoms with E-state index in [9.17, 15) is 13.2 Å². The molecule has 0 fully saturated rings. The van der Waals surface area contributed by atoms with Crippen LogP contribution >= 0.6 is 0 Å². The summed E-state index contributed by atoms with van der Waals surface area (Å²) in [6, 6.07) is 18.8. The molecule has 3 aromatic rings. The zero-order chi connectivity index (χ0) is 24.0. The lowest BCUT2D eigenvalue weighted by Gasteiger charge is -2.20. The van der Waals surface area contributed by atoms with E-state index in [4.69, 9.17) is 4.74 Å². The second-order valence-corrected chi connectivity index (χ2v) is 9.75. The smallest absolute Gasteiger partial charge is 0.242 e. The van der Waals surface area contributed by atoms with E-state index in [1.54, 1.807) is 19.1 Å². The minimum Gasteiger partial charge on any atom is -0.494 e. The van der Waals surface area contributed by atoms with Gasteiger partial charge in [0.05, 0.1) is 11.5 Å². The van der Waals surface area contributed by atoms with Crippen LogP contribution in [0.15, 0.2) is 71.6 Å². The summed E-state index contributed by atoms with van der Waals surface area (Å²) in [6.45, 7) is 7.98. The molecular weight excluding hydrogens is 436 g/mol. The fourth-order valence-electron chi connectivity index (χ4n) is 3.49. The highest BCUT2D eigenvalue weighted by Gasteiger charge is 2.27. The molecule has 0 aliphatic rings. The van der Waals surface area contributed by atoms with Gasteiger partial charge in [-0.3, -0.25) is 4.79 Å². The highest BCUT2D eigenvalue weighted by molar-refractivity contribution is 7.89. The second-order valence-electron chi connectivity index (χ2n) is 8.03. The molecule has 6 nitrogen and oxygen atoms in total. The third kappa shape index (κ3) is 6.43. The van der Waals surface area contributed by atoms with Crippen molar-refractivity contribution in [3.8, 4) is 5.75 Å². The third-order valence-electron chi connectivity index (χ3n) is 5.30. The predicted molar refractivity (Wildman–Crippen MR) is 131 cm³/mol. The van der Waals surface area contributed by atoms with Crippen molar-refractivity contribution in [1.82, 2.24) is 4.72 Å². The number of benzene rings is 3. The molecule has 3 rings (SSSR count). The largest absolute Gasteiger partial charge is 0.494 e. The maximum absolute atomic E-state index is 13.2. The van der Waals surface area contributed by atoms with Crippen molar-refractivity contribution in [3.05, 3.63) is 89.0 Å². The van der Waals surface area contributed by atoms with Gasteiger partial charge in [0.25, 0.3) is 0 Å². The van der Waals surface area contributed by atoms with Crippen LogP contribution in [0.2, 0.25) is 0 Å². The molecule has 1 amide bonds. The number of hydrogen-bond acceptors (Lipinski definition) is 4. The molecule has 1 atom stereocenters. The Morgan fingerprint density at radius 1 is 0.939 bits per heavy atom. The molecular formula is C26H30N2O4S. The van der Waals surface area contributed by atoms with Crippen LogP contribution in [-0.4, -0.2) is 27.0 Å². The van der Waals surface area contributed by atoms with Crippen molar-refractivity contribution in [2.45, 2.75) is 45.1 Å². The summed E-state index contributed by atoms with van der Waals surface area (Å²) in [7, 11) is -3.96. The molecule has 174 valence electrons. The Morgan fingerprint density at radius 2 is 1.67 bits per heavy atom. The number of anilines is 1. The van der Waals surface area contributed by atoms with Gasteiger partial charge >= 0.3 is 0 Å². The molecule has 0 aliphatic carbocycles. The molecule has 0 heterocycles. The van der Waals surface area contributed by atoms with Gasteiger partial charge in [0.15, 0.2) is 0 Å². The van der Waals surface area contributed by atoms with E-state index < -0.39 is 22.0 Å². The summed E-state index contributed by atoms with van der Waals surface area (Å²) in [5.41, 5.74) is 4.12. The molecule has 0 spiro atoms. The zero-order valence-electron chi connectivity index (χ0n) is 19.4. The monoisotopic (exact) mass is 466 g/mol. The fraction of sp³-hybridized carbons (Fsp3) is 0.269. The predicted octanol–water partition coefficient (Wildman–Crippen LogP) is 4.54. The first-order valence-electron chi connectivity index (χ1n) is 10.9.